The zero-order valence-electron chi connectivity index (χ0n) is 10.2. The predicted octanol–water partition coefficient (Wildman–Crippen LogP) is 1.70. The fourth-order valence-electron chi connectivity index (χ4n) is 2.03. The van der Waals surface area contributed by atoms with E-state index in [1.54, 1.807) is 30.0 Å². The van der Waals surface area contributed by atoms with Crippen LogP contribution < -0.4 is 5.32 Å². The van der Waals surface area contributed by atoms with Gasteiger partial charge in [-0.15, -0.1) is 0 Å². The number of methoxy groups -OCH3 is 1. The average molecular weight is 279 g/mol. The molecule has 1 aliphatic heterocycles. The van der Waals surface area contributed by atoms with Gasteiger partial charge < -0.3 is 10.1 Å². The Morgan fingerprint density at radius 3 is 3.16 bits per heavy atom. The van der Waals surface area contributed by atoms with Crippen LogP contribution >= 0.6 is 11.6 Å². The lowest BCUT2D eigenvalue weighted by Gasteiger charge is -2.05. The highest BCUT2D eigenvalue weighted by Gasteiger charge is 2.22. The molecule has 19 heavy (non-hydrogen) atoms. The van der Waals surface area contributed by atoms with Gasteiger partial charge in [0, 0.05) is 17.7 Å². The molecule has 3 rings (SSSR count). The van der Waals surface area contributed by atoms with E-state index in [0.717, 1.165) is 5.56 Å². The Labute approximate surface area is 114 Å². The average Bonchev–Trinajstić information content (AvgIpc) is 2.69. The molecule has 2 heterocycles. The molecule has 0 fully saturated rings. The first-order valence-corrected chi connectivity index (χ1v) is 6.07. The number of benzene rings is 1. The van der Waals surface area contributed by atoms with Gasteiger partial charge in [-0.25, -0.2) is 9.67 Å². The highest BCUT2D eigenvalue weighted by atomic mass is 35.5. The molecule has 1 aromatic carbocycles. The summed E-state index contributed by atoms with van der Waals surface area (Å²) in [6, 6.07) is 5.25. The van der Waals surface area contributed by atoms with Crippen molar-refractivity contribution in [2.24, 2.45) is 0 Å². The lowest BCUT2D eigenvalue weighted by Crippen LogP contribution is -2.17. The third kappa shape index (κ3) is 2.20. The first kappa shape index (κ1) is 12.1. The number of halogens is 1. The smallest absolute Gasteiger partial charge is 0.246 e. The van der Waals surface area contributed by atoms with E-state index in [1.165, 1.54) is 0 Å². The SMILES string of the molecule is COCc1nc2n(n1)CC(=O)Nc1ccc(Cl)cc1-2. The van der Waals surface area contributed by atoms with E-state index in [2.05, 4.69) is 15.4 Å². The normalized spacial score (nSPS) is 13.5. The summed E-state index contributed by atoms with van der Waals surface area (Å²) in [6.07, 6.45) is 0. The summed E-state index contributed by atoms with van der Waals surface area (Å²) < 4.78 is 6.57. The summed E-state index contributed by atoms with van der Waals surface area (Å²) in [4.78, 5) is 16.2. The van der Waals surface area contributed by atoms with Gasteiger partial charge in [-0.1, -0.05) is 11.6 Å². The molecule has 1 aromatic heterocycles. The molecule has 0 saturated heterocycles. The van der Waals surface area contributed by atoms with Gasteiger partial charge in [0.1, 0.15) is 13.2 Å². The lowest BCUT2D eigenvalue weighted by molar-refractivity contribution is -0.116. The molecule has 6 nitrogen and oxygen atoms in total. The van der Waals surface area contributed by atoms with E-state index < -0.39 is 0 Å². The van der Waals surface area contributed by atoms with Crippen LogP contribution in [0.15, 0.2) is 18.2 Å². The molecule has 1 amide bonds. The van der Waals surface area contributed by atoms with E-state index in [9.17, 15) is 4.79 Å². The predicted molar refractivity (Wildman–Crippen MR) is 69.8 cm³/mol. The van der Waals surface area contributed by atoms with Crippen LogP contribution in [0.4, 0.5) is 5.69 Å². The Hall–Kier alpha value is -1.92. The minimum atomic E-state index is -0.142. The number of carbonyl (C=O) groups is 1. The quantitative estimate of drug-likeness (QED) is 0.908. The van der Waals surface area contributed by atoms with Crippen molar-refractivity contribution < 1.29 is 9.53 Å². The Balaban J connectivity index is 2.18. The van der Waals surface area contributed by atoms with Gasteiger partial charge in [-0.05, 0) is 18.2 Å². The van der Waals surface area contributed by atoms with Crippen molar-refractivity contribution in [2.45, 2.75) is 13.2 Å². The van der Waals surface area contributed by atoms with Gasteiger partial charge in [-0.3, -0.25) is 4.79 Å². The second kappa shape index (κ2) is 4.64. The largest absolute Gasteiger partial charge is 0.377 e. The molecular weight excluding hydrogens is 268 g/mol. The molecule has 98 valence electrons. The molecule has 2 aromatic rings. The van der Waals surface area contributed by atoms with Crippen molar-refractivity contribution in [3.63, 3.8) is 0 Å². The number of nitrogens with zero attached hydrogens (tertiary/aromatic N) is 3. The number of anilines is 1. The number of carbonyl (C=O) groups excluding carboxylic acids is 1. The molecule has 0 aliphatic carbocycles. The van der Waals surface area contributed by atoms with Crippen LogP contribution in [-0.4, -0.2) is 27.8 Å². The maximum atomic E-state index is 11.8. The van der Waals surface area contributed by atoms with Crippen molar-refractivity contribution in [2.75, 3.05) is 12.4 Å². The van der Waals surface area contributed by atoms with Crippen LogP contribution in [0.25, 0.3) is 11.4 Å². The maximum Gasteiger partial charge on any atom is 0.246 e. The van der Waals surface area contributed by atoms with Crippen molar-refractivity contribution in [3.05, 3.63) is 29.0 Å². The molecule has 0 unspecified atom stereocenters. The molecule has 0 saturated carbocycles. The van der Waals surface area contributed by atoms with Crippen molar-refractivity contribution in [1.29, 1.82) is 0 Å². The van der Waals surface area contributed by atoms with Gasteiger partial charge in [0.2, 0.25) is 5.91 Å². The number of aromatic nitrogens is 3. The molecular formula is C12H11ClN4O2. The fraction of sp³-hybridized carbons (Fsp3) is 0.250. The summed E-state index contributed by atoms with van der Waals surface area (Å²) in [6.45, 7) is 0.426. The third-order valence-corrected chi connectivity index (χ3v) is 3.01. The molecule has 1 N–H and O–H groups in total. The van der Waals surface area contributed by atoms with Crippen LogP contribution in [-0.2, 0) is 22.7 Å². The Kier molecular flexibility index (Phi) is 2.96. The first-order valence-electron chi connectivity index (χ1n) is 5.70. The lowest BCUT2D eigenvalue weighted by atomic mass is 10.1. The van der Waals surface area contributed by atoms with E-state index in [0.29, 0.717) is 29.0 Å². The van der Waals surface area contributed by atoms with Gasteiger partial charge in [0.25, 0.3) is 0 Å². The molecule has 0 atom stereocenters. The summed E-state index contributed by atoms with van der Waals surface area (Å²) in [5.41, 5.74) is 1.44. The van der Waals surface area contributed by atoms with Crippen molar-refractivity contribution in [1.82, 2.24) is 14.8 Å². The Morgan fingerprint density at radius 2 is 2.37 bits per heavy atom. The van der Waals surface area contributed by atoms with Crippen LogP contribution in [0.3, 0.4) is 0 Å². The van der Waals surface area contributed by atoms with E-state index in [1.807, 2.05) is 0 Å². The standard InChI is InChI=1S/C12H11ClN4O2/c1-19-6-10-15-12-8-4-7(13)2-3-9(8)14-11(18)5-17(12)16-10/h2-4H,5-6H2,1H3,(H,14,18). The monoisotopic (exact) mass is 278 g/mol. The van der Waals surface area contributed by atoms with Gasteiger partial charge >= 0.3 is 0 Å². The highest BCUT2D eigenvalue weighted by Crippen LogP contribution is 2.31. The van der Waals surface area contributed by atoms with Gasteiger partial charge in [0.05, 0.1) is 5.69 Å². The van der Waals surface area contributed by atoms with Crippen molar-refractivity contribution >= 4 is 23.2 Å². The zero-order chi connectivity index (χ0) is 13.4. The van der Waals surface area contributed by atoms with Gasteiger partial charge in [-0.2, -0.15) is 5.10 Å². The number of fused-ring (bicyclic) bond motifs is 3. The van der Waals surface area contributed by atoms with Gasteiger partial charge in [0.15, 0.2) is 11.6 Å². The van der Waals surface area contributed by atoms with Crippen LogP contribution in [0.2, 0.25) is 5.02 Å². The van der Waals surface area contributed by atoms with Crippen LogP contribution in [0, 0.1) is 0 Å². The van der Waals surface area contributed by atoms with E-state index in [4.69, 9.17) is 16.3 Å². The Bertz CT molecular complexity index is 653. The second-order valence-electron chi connectivity index (χ2n) is 4.18. The topological polar surface area (TPSA) is 69.0 Å². The molecule has 0 bridgehead atoms. The minimum Gasteiger partial charge on any atom is -0.377 e. The summed E-state index contributed by atoms with van der Waals surface area (Å²) in [5.74, 6) is 1.01. The van der Waals surface area contributed by atoms with E-state index >= 15 is 0 Å². The number of nitrogens with one attached hydrogen (secondary N) is 1. The highest BCUT2D eigenvalue weighted by molar-refractivity contribution is 6.31. The summed E-state index contributed by atoms with van der Waals surface area (Å²) >= 11 is 6.01. The second-order valence-corrected chi connectivity index (χ2v) is 4.62. The molecule has 0 radical (unpaired) electrons. The minimum absolute atomic E-state index is 0.123. The number of hydrogen-bond donors (Lipinski definition) is 1. The number of rotatable bonds is 2. The molecule has 0 spiro atoms. The first-order chi connectivity index (χ1) is 9.17. The summed E-state index contributed by atoms with van der Waals surface area (Å²) in [7, 11) is 1.57. The van der Waals surface area contributed by atoms with Crippen LogP contribution in [0.1, 0.15) is 5.82 Å². The number of ether oxygens (including phenoxy) is 1. The zero-order valence-corrected chi connectivity index (χ0v) is 10.9. The van der Waals surface area contributed by atoms with Crippen molar-refractivity contribution in [3.8, 4) is 11.4 Å². The molecule has 1 aliphatic rings. The maximum absolute atomic E-state index is 11.8. The van der Waals surface area contributed by atoms with E-state index in [-0.39, 0.29) is 12.5 Å². The third-order valence-electron chi connectivity index (χ3n) is 2.78. The fourth-order valence-corrected chi connectivity index (χ4v) is 2.20. The molecule has 7 heteroatoms. The van der Waals surface area contributed by atoms with Crippen LogP contribution in [0.5, 0.6) is 0 Å². The number of amides is 1. The summed E-state index contributed by atoms with van der Waals surface area (Å²) in [5, 5.41) is 7.64. The number of hydrogen-bond acceptors (Lipinski definition) is 4. The Morgan fingerprint density at radius 1 is 1.53 bits per heavy atom.